The van der Waals surface area contributed by atoms with E-state index in [9.17, 15) is 4.79 Å². The van der Waals surface area contributed by atoms with E-state index in [1.807, 2.05) is 38.1 Å². The highest BCUT2D eigenvalue weighted by Gasteiger charge is 2.07. The maximum Gasteiger partial charge on any atom is 0.163 e. The smallest absolute Gasteiger partial charge is 0.163 e. The quantitative estimate of drug-likeness (QED) is 0.611. The first-order chi connectivity index (χ1) is 7.63. The van der Waals surface area contributed by atoms with Gasteiger partial charge in [-0.3, -0.25) is 4.79 Å². The van der Waals surface area contributed by atoms with Gasteiger partial charge in [-0.05, 0) is 18.1 Å². The van der Waals surface area contributed by atoms with Gasteiger partial charge < -0.3 is 5.11 Å². The number of thioether (sulfide) groups is 1. The maximum atomic E-state index is 11.7. The second kappa shape index (κ2) is 6.71. The molecule has 0 aromatic heterocycles. The Bertz CT molecular complexity index is 330. The molecule has 2 nitrogen and oxygen atoms in total. The van der Waals surface area contributed by atoms with Gasteiger partial charge in [0.15, 0.2) is 5.78 Å². The van der Waals surface area contributed by atoms with Crippen LogP contribution < -0.4 is 0 Å². The van der Waals surface area contributed by atoms with Crippen molar-refractivity contribution in [3.8, 4) is 0 Å². The largest absolute Gasteiger partial charge is 0.396 e. The molecule has 0 saturated heterocycles. The molecule has 1 aromatic carbocycles. The number of carbonyl (C=O) groups excluding carboxylic acids is 1. The van der Waals surface area contributed by atoms with E-state index in [0.717, 1.165) is 10.5 Å². The van der Waals surface area contributed by atoms with E-state index in [1.165, 1.54) is 0 Å². The molecule has 0 atom stereocenters. The minimum Gasteiger partial charge on any atom is -0.396 e. The molecule has 1 aromatic rings. The Hall–Kier alpha value is -0.800. The molecule has 1 N–H and O–H groups in total. The lowest BCUT2D eigenvalue weighted by Crippen LogP contribution is -2.03. The summed E-state index contributed by atoms with van der Waals surface area (Å²) in [6.45, 7) is 4.27. The molecule has 0 radical (unpaired) electrons. The lowest BCUT2D eigenvalue weighted by Gasteiger charge is -2.05. The topological polar surface area (TPSA) is 37.3 Å². The normalized spacial score (nSPS) is 10.8. The van der Waals surface area contributed by atoms with E-state index in [1.54, 1.807) is 11.8 Å². The summed E-state index contributed by atoms with van der Waals surface area (Å²) in [5, 5.41) is 8.69. The Balaban J connectivity index is 2.60. The summed E-state index contributed by atoms with van der Waals surface area (Å²) in [6, 6.07) is 7.61. The zero-order valence-electron chi connectivity index (χ0n) is 9.77. The number of carbonyl (C=O) groups is 1. The molecule has 0 fully saturated rings. The van der Waals surface area contributed by atoms with Crippen molar-refractivity contribution < 1.29 is 9.90 Å². The van der Waals surface area contributed by atoms with Crippen molar-refractivity contribution in [3.05, 3.63) is 29.8 Å². The summed E-state index contributed by atoms with van der Waals surface area (Å²) in [5.41, 5.74) is 0.780. The van der Waals surface area contributed by atoms with Crippen molar-refractivity contribution in [3.63, 3.8) is 0 Å². The van der Waals surface area contributed by atoms with Gasteiger partial charge in [-0.25, -0.2) is 0 Å². The van der Waals surface area contributed by atoms with E-state index in [2.05, 4.69) is 0 Å². The highest BCUT2D eigenvalue weighted by atomic mass is 32.2. The molecule has 0 unspecified atom stereocenters. The number of hydrogen-bond acceptors (Lipinski definition) is 3. The predicted octanol–water partition coefficient (Wildman–Crippen LogP) is 3.00. The molecule has 16 heavy (non-hydrogen) atoms. The molecule has 0 aliphatic rings. The Morgan fingerprint density at radius 1 is 1.31 bits per heavy atom. The van der Waals surface area contributed by atoms with Gasteiger partial charge in [0.1, 0.15) is 0 Å². The number of hydrogen-bond donors (Lipinski definition) is 1. The highest BCUT2D eigenvalue weighted by molar-refractivity contribution is 7.99. The Morgan fingerprint density at radius 3 is 2.44 bits per heavy atom. The first kappa shape index (κ1) is 13.3. The summed E-state index contributed by atoms with van der Waals surface area (Å²) in [5.74, 6) is 1.30. The number of Topliss-reactive ketones (excluding diaryl/α,β-unsaturated/α-hetero) is 1. The van der Waals surface area contributed by atoms with Crippen molar-refractivity contribution in [1.29, 1.82) is 0 Å². The molecular weight excluding hydrogens is 220 g/mol. The van der Waals surface area contributed by atoms with Crippen LogP contribution in [-0.4, -0.2) is 23.2 Å². The van der Waals surface area contributed by atoms with Gasteiger partial charge in [-0.2, -0.15) is 0 Å². The van der Waals surface area contributed by atoms with E-state index in [4.69, 9.17) is 5.11 Å². The highest BCUT2D eigenvalue weighted by Crippen LogP contribution is 2.19. The second-order valence-electron chi connectivity index (χ2n) is 4.12. The Morgan fingerprint density at radius 2 is 1.94 bits per heavy atom. The molecule has 0 aliphatic carbocycles. The Kier molecular flexibility index (Phi) is 5.56. The van der Waals surface area contributed by atoms with E-state index >= 15 is 0 Å². The number of aliphatic hydroxyl groups is 1. The predicted molar refractivity (Wildman–Crippen MR) is 68.0 cm³/mol. The van der Waals surface area contributed by atoms with Crippen LogP contribution >= 0.6 is 11.8 Å². The van der Waals surface area contributed by atoms with Crippen molar-refractivity contribution in [1.82, 2.24) is 0 Å². The van der Waals surface area contributed by atoms with Gasteiger partial charge in [-0.1, -0.05) is 26.0 Å². The van der Waals surface area contributed by atoms with E-state index < -0.39 is 0 Å². The van der Waals surface area contributed by atoms with Gasteiger partial charge in [0, 0.05) is 22.6 Å². The average molecular weight is 238 g/mol. The maximum absolute atomic E-state index is 11.7. The molecule has 88 valence electrons. The fourth-order valence-electron chi connectivity index (χ4n) is 1.39. The van der Waals surface area contributed by atoms with Crippen LogP contribution in [0.1, 0.15) is 30.6 Å². The molecule has 3 heteroatoms. The molecular formula is C13H18O2S. The molecule has 0 spiro atoms. The SMILES string of the molecule is CC(C)CC(=O)c1ccc(SCCO)cc1. The number of rotatable bonds is 6. The van der Waals surface area contributed by atoms with Crippen LogP contribution in [0.4, 0.5) is 0 Å². The number of ketones is 1. The summed E-state index contributed by atoms with van der Waals surface area (Å²) < 4.78 is 0. The minimum absolute atomic E-state index is 0.179. The number of aliphatic hydroxyl groups excluding tert-OH is 1. The van der Waals surface area contributed by atoms with Crippen LogP contribution in [0.5, 0.6) is 0 Å². The molecule has 0 aliphatic heterocycles. The fourth-order valence-corrected chi connectivity index (χ4v) is 2.04. The lowest BCUT2D eigenvalue weighted by atomic mass is 10.0. The number of benzene rings is 1. The lowest BCUT2D eigenvalue weighted by molar-refractivity contribution is 0.0968. The monoisotopic (exact) mass is 238 g/mol. The van der Waals surface area contributed by atoms with Crippen molar-refractivity contribution in [2.24, 2.45) is 5.92 Å². The first-order valence-electron chi connectivity index (χ1n) is 5.50. The van der Waals surface area contributed by atoms with Crippen molar-refractivity contribution in [2.75, 3.05) is 12.4 Å². The van der Waals surface area contributed by atoms with Crippen LogP contribution in [0, 0.1) is 5.92 Å². The summed E-state index contributed by atoms with van der Waals surface area (Å²) in [6.07, 6.45) is 0.600. The third-order valence-electron chi connectivity index (χ3n) is 2.13. The third kappa shape index (κ3) is 4.37. The average Bonchev–Trinajstić information content (AvgIpc) is 2.26. The molecule has 0 amide bonds. The van der Waals surface area contributed by atoms with Crippen LogP contribution in [0.25, 0.3) is 0 Å². The summed E-state index contributed by atoms with van der Waals surface area (Å²) in [4.78, 5) is 12.8. The van der Waals surface area contributed by atoms with E-state index in [0.29, 0.717) is 18.1 Å². The third-order valence-corrected chi connectivity index (χ3v) is 3.12. The zero-order valence-corrected chi connectivity index (χ0v) is 10.6. The summed E-state index contributed by atoms with van der Waals surface area (Å²) in [7, 11) is 0. The molecule has 0 heterocycles. The van der Waals surface area contributed by atoms with Crippen LogP contribution in [0.2, 0.25) is 0 Å². The summed E-state index contributed by atoms with van der Waals surface area (Å²) >= 11 is 1.59. The first-order valence-corrected chi connectivity index (χ1v) is 6.49. The van der Waals surface area contributed by atoms with Gasteiger partial charge in [-0.15, -0.1) is 11.8 Å². The van der Waals surface area contributed by atoms with Crippen LogP contribution in [0.3, 0.4) is 0 Å². The van der Waals surface area contributed by atoms with Gasteiger partial charge in [0.25, 0.3) is 0 Å². The van der Waals surface area contributed by atoms with Gasteiger partial charge >= 0.3 is 0 Å². The van der Waals surface area contributed by atoms with Crippen molar-refractivity contribution in [2.45, 2.75) is 25.2 Å². The molecule has 0 saturated carbocycles. The van der Waals surface area contributed by atoms with Gasteiger partial charge in [0.05, 0.1) is 6.61 Å². The molecule has 1 rings (SSSR count). The minimum atomic E-state index is 0.179. The zero-order chi connectivity index (χ0) is 12.0. The van der Waals surface area contributed by atoms with Crippen LogP contribution in [-0.2, 0) is 0 Å². The van der Waals surface area contributed by atoms with Crippen molar-refractivity contribution >= 4 is 17.5 Å². The second-order valence-corrected chi connectivity index (χ2v) is 5.29. The van der Waals surface area contributed by atoms with Crippen LogP contribution in [0.15, 0.2) is 29.2 Å². The van der Waals surface area contributed by atoms with Gasteiger partial charge in [0.2, 0.25) is 0 Å². The molecule has 0 bridgehead atoms. The standard InChI is InChI=1S/C13H18O2S/c1-10(2)9-13(15)11-3-5-12(6-4-11)16-8-7-14/h3-6,10,14H,7-9H2,1-2H3. The Labute approximate surface area is 101 Å². The fraction of sp³-hybridized carbons (Fsp3) is 0.462. The van der Waals surface area contributed by atoms with E-state index in [-0.39, 0.29) is 12.4 Å².